The van der Waals surface area contributed by atoms with Gasteiger partial charge in [-0.05, 0) is 38.1 Å². The van der Waals surface area contributed by atoms with Crippen molar-refractivity contribution in [3.8, 4) is 0 Å². The summed E-state index contributed by atoms with van der Waals surface area (Å²) >= 11 is 0. The molecule has 0 saturated heterocycles. The number of nitrogens with one attached hydrogen (secondary N) is 2. The summed E-state index contributed by atoms with van der Waals surface area (Å²) in [6.45, 7) is 3.36. The van der Waals surface area contributed by atoms with Crippen LogP contribution < -0.4 is 15.5 Å². The van der Waals surface area contributed by atoms with Gasteiger partial charge in [-0.3, -0.25) is 14.5 Å². The molecule has 7 nitrogen and oxygen atoms in total. The predicted molar refractivity (Wildman–Crippen MR) is 103 cm³/mol. The summed E-state index contributed by atoms with van der Waals surface area (Å²) in [5.41, 5.74) is 1.17. The van der Waals surface area contributed by atoms with Crippen LogP contribution in [0.5, 0.6) is 0 Å². The van der Waals surface area contributed by atoms with E-state index in [1.807, 2.05) is 18.2 Å². The number of methoxy groups -OCH3 is 1. The number of hydrogen-bond donors (Lipinski definition) is 2. The average Bonchev–Trinajstić information content (AvgIpc) is 2.65. The molecule has 0 radical (unpaired) electrons. The van der Waals surface area contributed by atoms with Crippen LogP contribution in [0.15, 0.2) is 48.5 Å². The fourth-order valence-electron chi connectivity index (χ4n) is 3.02. The lowest BCUT2D eigenvalue weighted by molar-refractivity contribution is -0.124. The molecule has 0 spiro atoms. The second kappa shape index (κ2) is 7.11. The van der Waals surface area contributed by atoms with Crippen LogP contribution >= 0.6 is 0 Å². The molecular weight excluding hydrogens is 346 g/mol. The van der Waals surface area contributed by atoms with Crippen LogP contribution in [0, 0.1) is 0 Å². The molecule has 140 valence electrons. The Morgan fingerprint density at radius 3 is 2.52 bits per heavy atom. The molecule has 0 aromatic heterocycles. The molecule has 1 aliphatic heterocycles. The first-order chi connectivity index (χ1) is 12.8. The zero-order valence-corrected chi connectivity index (χ0v) is 15.4. The molecule has 2 amide bonds. The van der Waals surface area contributed by atoms with Gasteiger partial charge in [0.2, 0.25) is 5.91 Å². The summed E-state index contributed by atoms with van der Waals surface area (Å²) in [7, 11) is 1.28. The lowest BCUT2D eigenvalue weighted by atomic mass is 9.98. The van der Waals surface area contributed by atoms with Crippen LogP contribution in [-0.4, -0.2) is 37.0 Å². The van der Waals surface area contributed by atoms with E-state index in [-0.39, 0.29) is 18.0 Å². The van der Waals surface area contributed by atoms with Gasteiger partial charge in [0, 0.05) is 0 Å². The Balaban J connectivity index is 1.84. The molecule has 0 atom stereocenters. The number of ether oxygens (including phenoxy) is 1. The zero-order valence-electron chi connectivity index (χ0n) is 15.4. The molecular formula is C20H21N3O4. The molecule has 0 unspecified atom stereocenters. The lowest BCUT2D eigenvalue weighted by Gasteiger charge is -2.39. The van der Waals surface area contributed by atoms with Crippen molar-refractivity contribution in [1.82, 2.24) is 0 Å². The van der Waals surface area contributed by atoms with Gasteiger partial charge >= 0.3 is 5.97 Å². The van der Waals surface area contributed by atoms with Crippen molar-refractivity contribution in [2.75, 3.05) is 29.2 Å². The fraction of sp³-hybridized carbons (Fsp3) is 0.250. The number of anilines is 3. The summed E-state index contributed by atoms with van der Waals surface area (Å²) in [6.07, 6.45) is 0. The van der Waals surface area contributed by atoms with E-state index >= 15 is 0 Å². The summed E-state index contributed by atoms with van der Waals surface area (Å²) in [6, 6.07) is 13.9. The van der Waals surface area contributed by atoms with E-state index in [0.29, 0.717) is 11.4 Å². The molecule has 27 heavy (non-hydrogen) atoms. The van der Waals surface area contributed by atoms with Gasteiger partial charge in [-0.2, -0.15) is 0 Å². The summed E-state index contributed by atoms with van der Waals surface area (Å²) in [4.78, 5) is 38.8. The Bertz CT molecular complexity index is 908. The first-order valence-electron chi connectivity index (χ1n) is 8.50. The van der Waals surface area contributed by atoms with Gasteiger partial charge in [-0.25, -0.2) is 4.79 Å². The Morgan fingerprint density at radius 2 is 1.78 bits per heavy atom. The Hall–Kier alpha value is -3.35. The first-order valence-corrected chi connectivity index (χ1v) is 8.50. The Labute approximate surface area is 157 Å². The van der Waals surface area contributed by atoms with Crippen LogP contribution in [0.1, 0.15) is 24.2 Å². The maximum absolute atomic E-state index is 12.8. The second-order valence-electron chi connectivity index (χ2n) is 6.74. The fourth-order valence-corrected chi connectivity index (χ4v) is 3.02. The van der Waals surface area contributed by atoms with Gasteiger partial charge in [-0.1, -0.05) is 24.3 Å². The standard InChI is InChI=1S/C20H21N3O4/c1-20(2)19(26)23(16-11-7-6-10-15(16)22-20)12-17(24)21-14-9-5-4-8-13(14)18(25)27-3/h4-11,22H,12H2,1-3H3,(H,21,24). The maximum Gasteiger partial charge on any atom is 0.339 e. The molecule has 2 aromatic carbocycles. The molecule has 0 saturated carbocycles. The highest BCUT2D eigenvalue weighted by Gasteiger charge is 2.39. The molecule has 0 fully saturated rings. The number of hydrogen-bond acceptors (Lipinski definition) is 5. The highest BCUT2D eigenvalue weighted by atomic mass is 16.5. The molecule has 1 aliphatic rings. The van der Waals surface area contributed by atoms with Gasteiger partial charge in [0.1, 0.15) is 12.1 Å². The van der Waals surface area contributed by atoms with E-state index in [4.69, 9.17) is 4.74 Å². The SMILES string of the molecule is COC(=O)c1ccccc1NC(=O)CN1C(=O)C(C)(C)Nc2ccccc21. The van der Waals surface area contributed by atoms with Crippen LogP contribution in [0.25, 0.3) is 0 Å². The third-order valence-electron chi connectivity index (χ3n) is 4.33. The summed E-state index contributed by atoms with van der Waals surface area (Å²) in [5, 5.41) is 5.88. The van der Waals surface area contributed by atoms with E-state index < -0.39 is 17.4 Å². The molecule has 2 aromatic rings. The van der Waals surface area contributed by atoms with Crippen molar-refractivity contribution >= 4 is 34.8 Å². The van der Waals surface area contributed by atoms with Crippen molar-refractivity contribution in [1.29, 1.82) is 0 Å². The molecule has 2 N–H and O–H groups in total. The topological polar surface area (TPSA) is 87.7 Å². The van der Waals surface area contributed by atoms with Crippen LogP contribution in [0.2, 0.25) is 0 Å². The minimum Gasteiger partial charge on any atom is -0.465 e. The van der Waals surface area contributed by atoms with Crippen molar-refractivity contribution in [2.24, 2.45) is 0 Å². The normalized spacial score (nSPS) is 14.8. The third kappa shape index (κ3) is 3.62. The average molecular weight is 367 g/mol. The number of benzene rings is 2. The molecule has 3 rings (SSSR count). The van der Waals surface area contributed by atoms with Crippen molar-refractivity contribution in [2.45, 2.75) is 19.4 Å². The van der Waals surface area contributed by atoms with Crippen molar-refractivity contribution in [3.63, 3.8) is 0 Å². The zero-order chi connectivity index (χ0) is 19.6. The van der Waals surface area contributed by atoms with Crippen molar-refractivity contribution < 1.29 is 19.1 Å². The maximum atomic E-state index is 12.8. The van der Waals surface area contributed by atoms with Crippen molar-refractivity contribution in [3.05, 3.63) is 54.1 Å². The monoisotopic (exact) mass is 367 g/mol. The number of fused-ring (bicyclic) bond motifs is 1. The predicted octanol–water partition coefficient (Wildman–Crippen LogP) is 2.65. The molecule has 0 aliphatic carbocycles. The number of para-hydroxylation sites is 3. The number of amides is 2. The van der Waals surface area contributed by atoms with Gasteiger partial charge in [-0.15, -0.1) is 0 Å². The number of rotatable bonds is 4. The molecule has 7 heteroatoms. The smallest absolute Gasteiger partial charge is 0.339 e. The van der Waals surface area contributed by atoms with Crippen LogP contribution in [0.4, 0.5) is 17.1 Å². The highest BCUT2D eigenvalue weighted by Crippen LogP contribution is 2.34. The minimum absolute atomic E-state index is 0.170. The van der Waals surface area contributed by atoms with Gasteiger partial charge in [0.05, 0.1) is 29.7 Å². The summed E-state index contributed by atoms with van der Waals surface area (Å²) < 4.78 is 4.74. The summed E-state index contributed by atoms with van der Waals surface area (Å²) in [5.74, 6) is -1.17. The first kappa shape index (κ1) is 18.4. The second-order valence-corrected chi connectivity index (χ2v) is 6.74. The van der Waals surface area contributed by atoms with Crippen LogP contribution in [0.3, 0.4) is 0 Å². The van der Waals surface area contributed by atoms with Gasteiger partial charge in [0.25, 0.3) is 5.91 Å². The number of carbonyl (C=O) groups is 3. The quantitative estimate of drug-likeness (QED) is 0.811. The lowest BCUT2D eigenvalue weighted by Crippen LogP contribution is -2.55. The van der Waals surface area contributed by atoms with Crippen LogP contribution in [-0.2, 0) is 14.3 Å². The van der Waals surface area contributed by atoms with E-state index in [1.165, 1.54) is 12.0 Å². The minimum atomic E-state index is -0.835. The van der Waals surface area contributed by atoms with E-state index in [9.17, 15) is 14.4 Å². The van der Waals surface area contributed by atoms with E-state index in [2.05, 4.69) is 10.6 Å². The molecule has 0 bridgehead atoms. The number of nitrogens with zero attached hydrogens (tertiary/aromatic N) is 1. The highest BCUT2D eigenvalue weighted by molar-refractivity contribution is 6.12. The van der Waals surface area contributed by atoms with E-state index in [1.54, 1.807) is 44.2 Å². The van der Waals surface area contributed by atoms with Gasteiger partial charge < -0.3 is 15.4 Å². The Kier molecular flexibility index (Phi) is 4.85. The third-order valence-corrected chi connectivity index (χ3v) is 4.33. The Morgan fingerprint density at radius 1 is 1.11 bits per heavy atom. The van der Waals surface area contributed by atoms with Gasteiger partial charge in [0.15, 0.2) is 0 Å². The number of esters is 1. The largest absolute Gasteiger partial charge is 0.465 e. The number of carbonyl (C=O) groups excluding carboxylic acids is 3. The van der Waals surface area contributed by atoms with E-state index in [0.717, 1.165) is 5.69 Å². The molecule has 1 heterocycles.